The summed E-state index contributed by atoms with van der Waals surface area (Å²) in [5.41, 5.74) is 8.15. The van der Waals surface area contributed by atoms with E-state index >= 15 is 0 Å². The predicted octanol–water partition coefficient (Wildman–Crippen LogP) is 2.67. The Bertz CT molecular complexity index is 681. The van der Waals surface area contributed by atoms with Crippen molar-refractivity contribution in [1.29, 1.82) is 0 Å². The molecule has 1 unspecified atom stereocenters. The second-order valence-electron chi connectivity index (χ2n) is 4.69. The van der Waals surface area contributed by atoms with Crippen LogP contribution in [0.2, 0.25) is 0 Å². The third kappa shape index (κ3) is 1.43. The number of ether oxygens (including phenoxy) is 1. The van der Waals surface area contributed by atoms with Crippen LogP contribution in [0.25, 0.3) is 0 Å². The molecule has 2 aliphatic heterocycles. The summed E-state index contributed by atoms with van der Waals surface area (Å²) in [6.45, 7) is 0.667. The monoisotopic (exact) mass is 251 g/mol. The van der Waals surface area contributed by atoms with E-state index in [4.69, 9.17) is 10.5 Å². The lowest BCUT2D eigenvalue weighted by molar-refractivity contribution is 0.482. The Balaban J connectivity index is 1.98. The zero-order valence-corrected chi connectivity index (χ0v) is 10.3. The number of para-hydroxylation sites is 3. The van der Waals surface area contributed by atoms with Crippen LogP contribution in [-0.2, 0) is 0 Å². The lowest BCUT2D eigenvalue weighted by Crippen LogP contribution is -2.35. The quantitative estimate of drug-likeness (QED) is 0.783. The van der Waals surface area contributed by atoms with Gasteiger partial charge in [0.15, 0.2) is 11.7 Å². The van der Waals surface area contributed by atoms with E-state index in [1.807, 2.05) is 42.5 Å². The number of hydrogen-bond donors (Lipinski definition) is 1. The Kier molecular flexibility index (Phi) is 2.06. The minimum absolute atomic E-state index is 0.125. The molecule has 4 rings (SSSR count). The van der Waals surface area contributed by atoms with E-state index in [9.17, 15) is 0 Å². The Morgan fingerprint density at radius 3 is 2.68 bits per heavy atom. The van der Waals surface area contributed by atoms with Gasteiger partial charge < -0.3 is 10.5 Å². The molecule has 0 amide bonds. The summed E-state index contributed by atoms with van der Waals surface area (Å²) in [7, 11) is 0. The fraction of sp³-hybridized carbons (Fsp3) is 0.133. The Hall–Kier alpha value is -2.49. The molecule has 0 radical (unpaired) electrons. The van der Waals surface area contributed by atoms with Gasteiger partial charge in [-0.2, -0.15) is 0 Å². The van der Waals surface area contributed by atoms with Crippen LogP contribution in [0.4, 0.5) is 5.69 Å². The van der Waals surface area contributed by atoms with E-state index in [0.717, 1.165) is 22.7 Å². The maximum Gasteiger partial charge on any atom is 0.196 e. The van der Waals surface area contributed by atoms with Gasteiger partial charge in [0.2, 0.25) is 0 Å². The predicted molar refractivity (Wildman–Crippen MR) is 74.7 cm³/mol. The fourth-order valence-electron chi connectivity index (χ4n) is 2.74. The molecule has 0 bridgehead atoms. The average molecular weight is 251 g/mol. The molecular weight excluding hydrogens is 238 g/mol. The lowest BCUT2D eigenvalue weighted by Gasteiger charge is -2.24. The summed E-state index contributed by atoms with van der Waals surface area (Å²) in [5, 5.41) is 0. The van der Waals surface area contributed by atoms with Gasteiger partial charge in [0, 0.05) is 5.56 Å². The zero-order valence-electron chi connectivity index (χ0n) is 10.3. The number of aliphatic imine (C=N–C) groups is 1. The highest BCUT2D eigenvalue weighted by molar-refractivity contribution is 5.99. The van der Waals surface area contributed by atoms with Crippen molar-refractivity contribution < 1.29 is 4.74 Å². The van der Waals surface area contributed by atoms with Gasteiger partial charge in [0.25, 0.3) is 0 Å². The van der Waals surface area contributed by atoms with Crippen molar-refractivity contribution in [1.82, 2.24) is 0 Å². The van der Waals surface area contributed by atoms with Gasteiger partial charge in [0.05, 0.1) is 18.3 Å². The molecule has 0 spiro atoms. The highest BCUT2D eigenvalue weighted by Crippen LogP contribution is 2.45. The zero-order chi connectivity index (χ0) is 12.8. The second kappa shape index (κ2) is 3.75. The molecule has 2 N–H and O–H groups in total. The van der Waals surface area contributed by atoms with Gasteiger partial charge in [-0.15, -0.1) is 0 Å². The number of fused-ring (bicyclic) bond motifs is 5. The number of rotatable bonds is 0. The molecule has 0 aliphatic carbocycles. The maximum atomic E-state index is 6.05. The second-order valence-corrected chi connectivity index (χ2v) is 4.69. The number of hydrogen-bond acceptors (Lipinski definition) is 4. The first kappa shape index (κ1) is 10.4. The minimum atomic E-state index is 0.125. The van der Waals surface area contributed by atoms with Crippen LogP contribution < -0.4 is 15.4 Å². The van der Waals surface area contributed by atoms with E-state index < -0.39 is 0 Å². The number of nitrogens with two attached hydrogens (primary N) is 1. The summed E-state index contributed by atoms with van der Waals surface area (Å²) in [6.07, 6.45) is 0. The van der Waals surface area contributed by atoms with Crippen molar-refractivity contribution >= 4 is 11.6 Å². The summed E-state index contributed by atoms with van der Waals surface area (Å²) < 4.78 is 6.03. The maximum absolute atomic E-state index is 6.05. The average Bonchev–Trinajstić information content (AvgIpc) is 2.75. The van der Waals surface area contributed by atoms with Crippen LogP contribution in [0.1, 0.15) is 11.6 Å². The van der Waals surface area contributed by atoms with E-state index in [-0.39, 0.29) is 6.04 Å². The molecule has 1 atom stereocenters. The van der Waals surface area contributed by atoms with Crippen molar-refractivity contribution in [2.24, 2.45) is 10.7 Å². The molecule has 0 aromatic heterocycles. The van der Waals surface area contributed by atoms with Crippen molar-refractivity contribution in [3.8, 4) is 11.5 Å². The molecule has 4 heteroatoms. The van der Waals surface area contributed by atoms with Gasteiger partial charge in [-0.25, -0.2) is 0 Å². The molecule has 0 fully saturated rings. The van der Waals surface area contributed by atoms with Crippen LogP contribution >= 0.6 is 0 Å². The van der Waals surface area contributed by atoms with E-state index in [1.165, 1.54) is 0 Å². The molecule has 4 nitrogen and oxygen atoms in total. The molecule has 19 heavy (non-hydrogen) atoms. The Morgan fingerprint density at radius 2 is 1.79 bits per heavy atom. The van der Waals surface area contributed by atoms with Crippen LogP contribution in [0.3, 0.4) is 0 Å². The third-order valence-electron chi connectivity index (χ3n) is 3.61. The number of anilines is 1. The lowest BCUT2D eigenvalue weighted by atomic mass is 10.1. The van der Waals surface area contributed by atoms with Crippen LogP contribution in [0.5, 0.6) is 11.5 Å². The molecule has 2 heterocycles. The summed E-state index contributed by atoms with van der Waals surface area (Å²) in [4.78, 5) is 6.44. The highest BCUT2D eigenvalue weighted by Gasteiger charge is 2.34. The van der Waals surface area contributed by atoms with Gasteiger partial charge in [-0.05, 0) is 18.2 Å². The minimum Gasteiger partial charge on any atom is -0.455 e. The first-order valence-corrected chi connectivity index (χ1v) is 6.29. The van der Waals surface area contributed by atoms with Gasteiger partial charge in [-0.3, -0.25) is 9.89 Å². The SMILES string of the molecule is NC1=NCC2c3ccccc3Oc3ccccc3N12. The third-order valence-corrected chi connectivity index (χ3v) is 3.61. The Labute approximate surface area is 111 Å². The molecule has 2 aliphatic rings. The molecule has 0 saturated carbocycles. The number of guanidine groups is 1. The standard InChI is InChI=1S/C15H13N3O/c16-15-17-9-12-10-5-1-3-7-13(10)19-14-8-4-2-6-11(14)18(12)15/h1-8,12H,9H2,(H2,16,17). The molecule has 0 saturated heterocycles. The summed E-state index contributed by atoms with van der Waals surface area (Å²) in [6, 6.07) is 16.1. The van der Waals surface area contributed by atoms with Gasteiger partial charge in [-0.1, -0.05) is 30.3 Å². The summed E-state index contributed by atoms with van der Waals surface area (Å²) >= 11 is 0. The normalized spacial score (nSPS) is 19.7. The topological polar surface area (TPSA) is 50.9 Å². The molecule has 2 aromatic rings. The Morgan fingerprint density at radius 1 is 1.05 bits per heavy atom. The smallest absolute Gasteiger partial charge is 0.196 e. The molecular formula is C15H13N3O. The van der Waals surface area contributed by atoms with Crippen LogP contribution in [0, 0.1) is 0 Å². The van der Waals surface area contributed by atoms with E-state index in [2.05, 4.69) is 16.0 Å². The largest absolute Gasteiger partial charge is 0.455 e. The van der Waals surface area contributed by atoms with Crippen LogP contribution in [-0.4, -0.2) is 12.5 Å². The van der Waals surface area contributed by atoms with E-state index in [1.54, 1.807) is 0 Å². The highest BCUT2D eigenvalue weighted by atomic mass is 16.5. The molecule has 94 valence electrons. The fourth-order valence-corrected chi connectivity index (χ4v) is 2.74. The number of benzene rings is 2. The van der Waals surface area contributed by atoms with Gasteiger partial charge >= 0.3 is 0 Å². The van der Waals surface area contributed by atoms with Crippen molar-refractivity contribution in [3.63, 3.8) is 0 Å². The van der Waals surface area contributed by atoms with Crippen molar-refractivity contribution in [3.05, 3.63) is 54.1 Å². The number of nitrogens with zero attached hydrogens (tertiary/aromatic N) is 2. The first-order valence-electron chi connectivity index (χ1n) is 6.29. The molecule has 2 aromatic carbocycles. The van der Waals surface area contributed by atoms with Crippen molar-refractivity contribution in [2.45, 2.75) is 6.04 Å². The van der Waals surface area contributed by atoms with E-state index in [0.29, 0.717) is 12.5 Å². The first-order chi connectivity index (χ1) is 9.34. The van der Waals surface area contributed by atoms with Crippen molar-refractivity contribution in [2.75, 3.05) is 11.4 Å². The van der Waals surface area contributed by atoms with Crippen LogP contribution in [0.15, 0.2) is 53.5 Å². The summed E-state index contributed by atoms with van der Waals surface area (Å²) in [5.74, 6) is 2.25. The van der Waals surface area contributed by atoms with Gasteiger partial charge in [0.1, 0.15) is 5.75 Å².